The average Bonchev–Trinajstić information content (AvgIpc) is 3.42. The lowest BCUT2D eigenvalue weighted by Gasteiger charge is -2.22. The number of rotatable bonds is 10. The lowest BCUT2D eigenvalue weighted by molar-refractivity contribution is 0.0368. The van der Waals surface area contributed by atoms with E-state index < -0.39 is 6.10 Å². The normalized spacial score (nSPS) is 20.9. The van der Waals surface area contributed by atoms with E-state index in [1.165, 1.54) is 12.8 Å². The molecule has 2 unspecified atom stereocenters. The number of aliphatic imine (C=N–C) groups is 1. The highest BCUT2D eigenvalue weighted by atomic mass is 16.5. The van der Waals surface area contributed by atoms with Gasteiger partial charge in [0.15, 0.2) is 5.96 Å². The summed E-state index contributed by atoms with van der Waals surface area (Å²) in [7, 11) is 1.71. The summed E-state index contributed by atoms with van der Waals surface area (Å²) in [5.41, 5.74) is 1.12. The smallest absolute Gasteiger partial charge is 0.191 e. The highest BCUT2D eigenvalue weighted by molar-refractivity contribution is 5.80. The molecule has 7 nitrogen and oxygen atoms in total. The first-order chi connectivity index (χ1) is 13.7. The van der Waals surface area contributed by atoms with E-state index >= 15 is 0 Å². The first-order valence-electron chi connectivity index (χ1n) is 10.4. The molecular weight excluding hydrogens is 356 g/mol. The van der Waals surface area contributed by atoms with Gasteiger partial charge in [-0.15, -0.1) is 0 Å². The molecule has 2 atom stereocenters. The molecule has 1 saturated carbocycles. The van der Waals surface area contributed by atoms with Crippen molar-refractivity contribution in [3.8, 4) is 5.75 Å². The molecule has 0 spiro atoms. The molecule has 156 valence electrons. The zero-order chi connectivity index (χ0) is 19.8. The van der Waals surface area contributed by atoms with Gasteiger partial charge in [0, 0.05) is 32.3 Å². The van der Waals surface area contributed by atoms with Gasteiger partial charge < -0.3 is 30.1 Å². The summed E-state index contributed by atoms with van der Waals surface area (Å²) in [6.45, 7) is 6.13. The molecule has 1 aromatic rings. The van der Waals surface area contributed by atoms with Crippen molar-refractivity contribution in [1.82, 2.24) is 10.6 Å². The van der Waals surface area contributed by atoms with E-state index in [9.17, 15) is 5.11 Å². The number of guanidine groups is 1. The Labute approximate surface area is 168 Å². The molecule has 1 aliphatic heterocycles. The second-order valence-electron chi connectivity index (χ2n) is 7.60. The average molecular weight is 391 g/mol. The number of hydrogen-bond acceptors (Lipinski definition) is 5. The third kappa shape index (κ3) is 6.27. The highest BCUT2D eigenvalue weighted by Gasteiger charge is 2.25. The number of methoxy groups -OCH3 is 1. The predicted octanol–water partition coefficient (Wildman–Crippen LogP) is 1.62. The van der Waals surface area contributed by atoms with E-state index in [0.717, 1.165) is 50.1 Å². The third-order valence-electron chi connectivity index (χ3n) is 5.12. The Morgan fingerprint density at radius 2 is 2.14 bits per heavy atom. The molecule has 1 aliphatic carbocycles. The monoisotopic (exact) mass is 390 g/mol. The van der Waals surface area contributed by atoms with Crippen LogP contribution < -0.4 is 20.3 Å². The molecule has 3 N–H and O–H groups in total. The SMILES string of the molecule is CCNC(=NCC(O)COCC1CC1)NC1CCN(c2ccccc2OC)C1. The largest absolute Gasteiger partial charge is 0.495 e. The summed E-state index contributed by atoms with van der Waals surface area (Å²) < 4.78 is 11.0. The van der Waals surface area contributed by atoms with Gasteiger partial charge in [-0.05, 0) is 44.2 Å². The minimum atomic E-state index is -0.567. The number of para-hydroxylation sites is 2. The minimum Gasteiger partial charge on any atom is -0.495 e. The molecule has 2 aliphatic rings. The van der Waals surface area contributed by atoms with Gasteiger partial charge >= 0.3 is 0 Å². The minimum absolute atomic E-state index is 0.297. The number of nitrogens with one attached hydrogen (secondary N) is 2. The number of benzene rings is 1. The van der Waals surface area contributed by atoms with Gasteiger partial charge in [-0.3, -0.25) is 4.99 Å². The van der Waals surface area contributed by atoms with Crippen molar-refractivity contribution in [2.24, 2.45) is 10.9 Å². The van der Waals surface area contributed by atoms with Crippen LogP contribution >= 0.6 is 0 Å². The van der Waals surface area contributed by atoms with Crippen LogP contribution in [0.5, 0.6) is 5.75 Å². The van der Waals surface area contributed by atoms with Gasteiger partial charge in [-0.2, -0.15) is 0 Å². The fourth-order valence-electron chi connectivity index (χ4n) is 3.41. The maximum atomic E-state index is 10.1. The number of aliphatic hydroxyl groups excluding tert-OH is 1. The Hall–Kier alpha value is -1.99. The van der Waals surface area contributed by atoms with Crippen LogP contribution in [0.15, 0.2) is 29.3 Å². The van der Waals surface area contributed by atoms with Crippen LogP contribution in [0.3, 0.4) is 0 Å². The van der Waals surface area contributed by atoms with E-state index in [4.69, 9.17) is 9.47 Å². The van der Waals surface area contributed by atoms with E-state index in [-0.39, 0.29) is 0 Å². The van der Waals surface area contributed by atoms with Gasteiger partial charge in [0.05, 0.1) is 32.1 Å². The van der Waals surface area contributed by atoms with Crippen LogP contribution in [-0.4, -0.2) is 69.7 Å². The number of aliphatic hydroxyl groups is 1. The molecule has 0 aromatic heterocycles. The molecule has 0 radical (unpaired) electrons. The molecule has 3 rings (SSSR count). The number of ether oxygens (including phenoxy) is 2. The fourth-order valence-corrected chi connectivity index (χ4v) is 3.41. The van der Waals surface area contributed by atoms with Crippen LogP contribution in [0, 0.1) is 5.92 Å². The number of hydrogen-bond donors (Lipinski definition) is 3. The predicted molar refractivity (Wildman–Crippen MR) is 112 cm³/mol. The molecular formula is C21H34N4O3. The maximum Gasteiger partial charge on any atom is 0.191 e. The van der Waals surface area contributed by atoms with Gasteiger partial charge in [0.1, 0.15) is 5.75 Å². The van der Waals surface area contributed by atoms with Crippen molar-refractivity contribution < 1.29 is 14.6 Å². The summed E-state index contributed by atoms with van der Waals surface area (Å²) in [4.78, 5) is 6.88. The molecule has 0 bridgehead atoms. The molecule has 1 aromatic carbocycles. The Balaban J connectivity index is 1.48. The summed E-state index contributed by atoms with van der Waals surface area (Å²) >= 11 is 0. The van der Waals surface area contributed by atoms with E-state index in [0.29, 0.717) is 25.1 Å². The van der Waals surface area contributed by atoms with Crippen LogP contribution in [0.1, 0.15) is 26.2 Å². The second kappa shape index (κ2) is 10.5. The van der Waals surface area contributed by atoms with Gasteiger partial charge in [0.2, 0.25) is 0 Å². The topological polar surface area (TPSA) is 78.4 Å². The first-order valence-corrected chi connectivity index (χ1v) is 10.4. The van der Waals surface area contributed by atoms with Crippen molar-refractivity contribution in [2.75, 3.05) is 51.4 Å². The molecule has 0 amide bonds. The summed E-state index contributed by atoms with van der Waals surface area (Å²) in [6.07, 6.45) is 2.98. The lowest BCUT2D eigenvalue weighted by Crippen LogP contribution is -2.45. The first kappa shape index (κ1) is 20.7. The molecule has 7 heteroatoms. The van der Waals surface area contributed by atoms with Crippen LogP contribution in [0.25, 0.3) is 0 Å². The van der Waals surface area contributed by atoms with Crippen LogP contribution in [-0.2, 0) is 4.74 Å². The lowest BCUT2D eigenvalue weighted by atomic mass is 10.2. The second-order valence-corrected chi connectivity index (χ2v) is 7.60. The van der Waals surface area contributed by atoms with E-state index in [1.54, 1.807) is 7.11 Å². The van der Waals surface area contributed by atoms with Gasteiger partial charge in [-0.1, -0.05) is 12.1 Å². The Morgan fingerprint density at radius 1 is 1.32 bits per heavy atom. The van der Waals surface area contributed by atoms with Crippen molar-refractivity contribution >= 4 is 11.6 Å². The van der Waals surface area contributed by atoms with Crippen molar-refractivity contribution in [3.63, 3.8) is 0 Å². The third-order valence-corrected chi connectivity index (χ3v) is 5.12. The Kier molecular flexibility index (Phi) is 7.80. The molecule has 1 heterocycles. The summed E-state index contributed by atoms with van der Waals surface area (Å²) in [5.74, 6) is 2.36. The van der Waals surface area contributed by atoms with Crippen molar-refractivity contribution in [2.45, 2.75) is 38.3 Å². The molecule has 2 fully saturated rings. The van der Waals surface area contributed by atoms with Crippen molar-refractivity contribution in [3.05, 3.63) is 24.3 Å². The Morgan fingerprint density at radius 3 is 2.89 bits per heavy atom. The Bertz CT molecular complexity index is 636. The standard InChI is InChI=1S/C21H34N4O3/c1-3-22-21(23-12-18(26)15-28-14-16-8-9-16)24-17-10-11-25(13-17)19-6-4-5-7-20(19)27-2/h4-7,16-18,26H,3,8-15H2,1-2H3,(H2,22,23,24). The van der Waals surface area contributed by atoms with Crippen LogP contribution in [0.4, 0.5) is 5.69 Å². The highest BCUT2D eigenvalue weighted by Crippen LogP contribution is 2.30. The van der Waals surface area contributed by atoms with Gasteiger partial charge in [0.25, 0.3) is 0 Å². The van der Waals surface area contributed by atoms with Gasteiger partial charge in [-0.25, -0.2) is 0 Å². The summed E-state index contributed by atoms with van der Waals surface area (Å²) in [6, 6.07) is 8.42. The quantitative estimate of drug-likeness (QED) is 0.416. The van der Waals surface area contributed by atoms with E-state index in [1.807, 2.05) is 25.1 Å². The summed E-state index contributed by atoms with van der Waals surface area (Å²) in [5, 5.41) is 16.9. The van der Waals surface area contributed by atoms with E-state index in [2.05, 4.69) is 26.6 Å². The maximum absolute atomic E-state index is 10.1. The fraction of sp³-hybridized carbons (Fsp3) is 0.667. The van der Waals surface area contributed by atoms with Crippen molar-refractivity contribution in [1.29, 1.82) is 0 Å². The zero-order valence-corrected chi connectivity index (χ0v) is 17.1. The zero-order valence-electron chi connectivity index (χ0n) is 17.1. The number of nitrogens with zero attached hydrogens (tertiary/aromatic N) is 2. The molecule has 1 saturated heterocycles. The van der Waals surface area contributed by atoms with Crippen LogP contribution in [0.2, 0.25) is 0 Å². The molecule has 28 heavy (non-hydrogen) atoms. The number of anilines is 1.